The molecule has 0 radical (unpaired) electrons. The molecule has 0 unspecified atom stereocenters. The number of hydrogen-bond acceptors (Lipinski definition) is 4. The van der Waals surface area contributed by atoms with Crippen LogP contribution in [0.3, 0.4) is 0 Å². The number of alkyl carbamates (subject to hydrolysis) is 1. The molecule has 0 aromatic carbocycles. The maximum absolute atomic E-state index is 11.6. The lowest BCUT2D eigenvalue weighted by Gasteiger charge is -2.27. The number of carbonyl (C=O) groups excluding carboxylic acids is 2. The Balaban J connectivity index is 2.35. The molecule has 16 heavy (non-hydrogen) atoms. The molecule has 0 aromatic rings. The second-order valence-corrected chi connectivity index (χ2v) is 4.53. The third-order valence-corrected chi connectivity index (χ3v) is 1.91. The lowest BCUT2D eigenvalue weighted by molar-refractivity contribution is 0.0425. The maximum atomic E-state index is 11.6. The summed E-state index contributed by atoms with van der Waals surface area (Å²) in [7, 11) is 0. The number of hydrogen-bond donors (Lipinski definition) is 1. The van der Waals surface area contributed by atoms with E-state index in [9.17, 15) is 9.59 Å². The first kappa shape index (κ1) is 12.8. The molecule has 1 aliphatic heterocycles. The van der Waals surface area contributed by atoms with E-state index < -0.39 is 17.7 Å². The average molecular weight is 230 g/mol. The third-order valence-electron chi connectivity index (χ3n) is 1.91. The van der Waals surface area contributed by atoms with E-state index >= 15 is 0 Å². The molecule has 6 nitrogen and oxygen atoms in total. The van der Waals surface area contributed by atoms with Crippen molar-refractivity contribution in [1.29, 1.82) is 0 Å². The first-order valence-electron chi connectivity index (χ1n) is 5.25. The summed E-state index contributed by atoms with van der Waals surface area (Å²) < 4.78 is 10.1. The summed E-state index contributed by atoms with van der Waals surface area (Å²) in [6.45, 7) is 7.22. The van der Waals surface area contributed by atoms with Gasteiger partial charge in [-0.05, 0) is 20.8 Å². The summed E-state index contributed by atoms with van der Waals surface area (Å²) >= 11 is 0. The zero-order valence-corrected chi connectivity index (χ0v) is 9.91. The summed E-state index contributed by atoms with van der Waals surface area (Å²) in [6, 6.07) is -0.433. The Bertz CT molecular complexity index is 266. The van der Waals surface area contributed by atoms with Crippen LogP contribution in [0.5, 0.6) is 0 Å². The molecule has 1 N–H and O–H groups in total. The van der Waals surface area contributed by atoms with Gasteiger partial charge in [-0.15, -0.1) is 0 Å². The van der Waals surface area contributed by atoms with E-state index in [-0.39, 0.29) is 0 Å². The average Bonchev–Trinajstić information content (AvgIpc) is 2.16. The lowest BCUT2D eigenvalue weighted by Crippen LogP contribution is -2.48. The van der Waals surface area contributed by atoms with Crippen molar-refractivity contribution in [3.63, 3.8) is 0 Å². The molecular weight excluding hydrogens is 212 g/mol. The number of ether oxygens (including phenoxy) is 2. The molecule has 1 fully saturated rings. The number of amides is 3. The van der Waals surface area contributed by atoms with Gasteiger partial charge in [-0.1, -0.05) is 0 Å². The third kappa shape index (κ3) is 4.48. The van der Waals surface area contributed by atoms with Crippen LogP contribution >= 0.6 is 0 Å². The van der Waals surface area contributed by atoms with Crippen molar-refractivity contribution in [3.05, 3.63) is 0 Å². The summed E-state index contributed by atoms with van der Waals surface area (Å²) in [6.07, 6.45) is -0.719. The van der Waals surface area contributed by atoms with Gasteiger partial charge in [0.15, 0.2) is 0 Å². The van der Waals surface area contributed by atoms with Crippen LogP contribution in [0.25, 0.3) is 0 Å². The molecule has 0 saturated carbocycles. The highest BCUT2D eigenvalue weighted by Crippen LogP contribution is 2.06. The minimum Gasteiger partial charge on any atom is -0.443 e. The molecule has 0 bridgehead atoms. The Morgan fingerprint density at radius 2 is 1.81 bits per heavy atom. The topological polar surface area (TPSA) is 67.9 Å². The lowest BCUT2D eigenvalue weighted by atomic mass is 10.2. The van der Waals surface area contributed by atoms with Gasteiger partial charge in [-0.3, -0.25) is 0 Å². The number of nitrogens with zero attached hydrogens (tertiary/aromatic N) is 1. The van der Waals surface area contributed by atoms with Crippen molar-refractivity contribution in [2.75, 3.05) is 26.3 Å². The van der Waals surface area contributed by atoms with Crippen molar-refractivity contribution < 1.29 is 19.1 Å². The summed E-state index contributed by atoms with van der Waals surface area (Å²) in [5.74, 6) is 0. The second kappa shape index (κ2) is 5.16. The van der Waals surface area contributed by atoms with Gasteiger partial charge in [0.1, 0.15) is 5.60 Å². The molecule has 0 spiro atoms. The van der Waals surface area contributed by atoms with Crippen LogP contribution in [-0.2, 0) is 9.47 Å². The molecule has 3 amide bonds. The van der Waals surface area contributed by atoms with Gasteiger partial charge in [-0.2, -0.15) is 0 Å². The summed E-state index contributed by atoms with van der Waals surface area (Å²) in [4.78, 5) is 24.4. The number of rotatable bonds is 0. The van der Waals surface area contributed by atoms with E-state index in [4.69, 9.17) is 9.47 Å². The monoisotopic (exact) mass is 230 g/mol. The number of carbonyl (C=O) groups is 2. The standard InChI is InChI=1S/C10H18N2O4/c1-10(2,3)16-9(14)11-8(13)12-4-6-15-7-5-12/h4-7H2,1-3H3,(H,11,13,14). The highest BCUT2D eigenvalue weighted by Gasteiger charge is 2.22. The fourth-order valence-electron chi connectivity index (χ4n) is 1.24. The molecule has 1 heterocycles. The maximum Gasteiger partial charge on any atom is 0.415 e. The summed E-state index contributed by atoms with van der Waals surface area (Å²) in [5.41, 5.74) is -0.602. The van der Waals surface area contributed by atoms with E-state index in [2.05, 4.69) is 5.32 Å². The van der Waals surface area contributed by atoms with Crippen molar-refractivity contribution >= 4 is 12.1 Å². The predicted octanol–water partition coefficient (Wildman–Crippen LogP) is 0.963. The molecule has 6 heteroatoms. The molecule has 0 aromatic heterocycles. The van der Waals surface area contributed by atoms with Crippen LogP contribution in [0, 0.1) is 0 Å². The van der Waals surface area contributed by atoms with Crippen molar-refractivity contribution in [2.24, 2.45) is 0 Å². The quantitative estimate of drug-likeness (QED) is 0.673. The zero-order valence-electron chi connectivity index (χ0n) is 9.91. The van der Waals surface area contributed by atoms with E-state index in [1.165, 1.54) is 4.90 Å². The van der Waals surface area contributed by atoms with Crippen LogP contribution in [-0.4, -0.2) is 48.9 Å². The normalized spacial score (nSPS) is 16.8. The fourth-order valence-corrected chi connectivity index (χ4v) is 1.24. The van der Waals surface area contributed by atoms with Crippen molar-refractivity contribution in [1.82, 2.24) is 10.2 Å². The smallest absolute Gasteiger partial charge is 0.415 e. The van der Waals surface area contributed by atoms with Gasteiger partial charge < -0.3 is 14.4 Å². The van der Waals surface area contributed by atoms with Gasteiger partial charge >= 0.3 is 12.1 Å². The Morgan fingerprint density at radius 3 is 2.31 bits per heavy atom. The number of nitrogens with one attached hydrogen (secondary N) is 1. The van der Waals surface area contributed by atoms with Crippen LogP contribution in [0.15, 0.2) is 0 Å². The van der Waals surface area contributed by atoms with Gasteiger partial charge in [0, 0.05) is 13.1 Å². The minimum absolute atomic E-state index is 0.433. The van der Waals surface area contributed by atoms with Gasteiger partial charge in [0.05, 0.1) is 13.2 Å². The Kier molecular flexibility index (Phi) is 4.12. The molecule has 92 valence electrons. The Labute approximate surface area is 94.9 Å². The van der Waals surface area contributed by atoms with Crippen molar-refractivity contribution in [3.8, 4) is 0 Å². The number of urea groups is 1. The second-order valence-electron chi connectivity index (χ2n) is 4.53. The SMILES string of the molecule is CC(C)(C)OC(=O)NC(=O)N1CCOCC1. The van der Waals surface area contributed by atoms with Crippen LogP contribution in [0.2, 0.25) is 0 Å². The summed E-state index contributed by atoms with van der Waals surface area (Å²) in [5, 5.41) is 2.18. The highest BCUT2D eigenvalue weighted by atomic mass is 16.6. The van der Waals surface area contributed by atoms with E-state index in [0.717, 1.165) is 0 Å². The van der Waals surface area contributed by atoms with Crippen LogP contribution < -0.4 is 5.32 Å². The molecule has 1 aliphatic rings. The first-order chi connectivity index (χ1) is 7.38. The minimum atomic E-state index is -0.719. The molecule has 1 saturated heterocycles. The molecule has 0 aliphatic carbocycles. The van der Waals surface area contributed by atoms with Crippen molar-refractivity contribution in [2.45, 2.75) is 26.4 Å². The fraction of sp³-hybridized carbons (Fsp3) is 0.800. The Hall–Kier alpha value is -1.30. The molecular formula is C10H18N2O4. The number of imide groups is 1. The number of morpholine rings is 1. The zero-order chi connectivity index (χ0) is 12.2. The van der Waals surface area contributed by atoms with Gasteiger partial charge in [0.25, 0.3) is 0 Å². The van der Waals surface area contributed by atoms with Crippen LogP contribution in [0.1, 0.15) is 20.8 Å². The highest BCUT2D eigenvalue weighted by molar-refractivity contribution is 5.90. The van der Waals surface area contributed by atoms with E-state index in [1.807, 2.05) is 0 Å². The van der Waals surface area contributed by atoms with Crippen LogP contribution in [0.4, 0.5) is 9.59 Å². The van der Waals surface area contributed by atoms with E-state index in [1.54, 1.807) is 20.8 Å². The largest absolute Gasteiger partial charge is 0.443 e. The Morgan fingerprint density at radius 1 is 1.25 bits per heavy atom. The molecule has 1 rings (SSSR count). The van der Waals surface area contributed by atoms with Gasteiger partial charge in [0.2, 0.25) is 0 Å². The van der Waals surface area contributed by atoms with Gasteiger partial charge in [-0.25, -0.2) is 14.9 Å². The molecule has 0 atom stereocenters. The predicted molar refractivity (Wildman–Crippen MR) is 57.2 cm³/mol. The van der Waals surface area contributed by atoms with E-state index in [0.29, 0.717) is 26.3 Å². The first-order valence-corrected chi connectivity index (χ1v) is 5.25.